The summed E-state index contributed by atoms with van der Waals surface area (Å²) in [5.74, 6) is 2.32. The van der Waals surface area contributed by atoms with E-state index in [0.717, 1.165) is 13.1 Å². The first-order valence-electron chi connectivity index (χ1n) is 7.88. The van der Waals surface area contributed by atoms with E-state index in [1.54, 1.807) is 0 Å². The molecule has 21 heavy (non-hydrogen) atoms. The van der Waals surface area contributed by atoms with Gasteiger partial charge >= 0.3 is 0 Å². The zero-order valence-corrected chi connectivity index (χ0v) is 13.6. The number of rotatable bonds is 2. The molecular weight excluding hydrogens is 326 g/mol. The van der Waals surface area contributed by atoms with Crippen LogP contribution in [0.15, 0.2) is 34.8 Å². The van der Waals surface area contributed by atoms with E-state index in [-0.39, 0.29) is 0 Å². The van der Waals surface area contributed by atoms with Crippen LogP contribution in [-0.4, -0.2) is 16.3 Å². The van der Waals surface area contributed by atoms with Gasteiger partial charge in [0.1, 0.15) is 5.82 Å². The molecule has 110 valence electrons. The first-order valence-corrected chi connectivity index (χ1v) is 8.67. The standard InChI is InChI=1S/C17H20BrN3/c18-15-16(13-8-4-5-9-13)20-21-11-14(10-19-17(15)21)12-6-2-1-3-7-12/h1-3,6-7,13-14,19H,4-5,8-11H2. The predicted molar refractivity (Wildman–Crippen MR) is 88.8 cm³/mol. The monoisotopic (exact) mass is 345 g/mol. The van der Waals surface area contributed by atoms with Crippen LogP contribution in [0.5, 0.6) is 0 Å². The lowest BCUT2D eigenvalue weighted by Crippen LogP contribution is -2.26. The lowest BCUT2D eigenvalue weighted by atomic mass is 9.98. The van der Waals surface area contributed by atoms with Gasteiger partial charge in [-0.2, -0.15) is 5.10 Å². The van der Waals surface area contributed by atoms with E-state index in [4.69, 9.17) is 5.10 Å². The Bertz CT molecular complexity index is 629. The number of nitrogens with zero attached hydrogens (tertiary/aromatic N) is 2. The van der Waals surface area contributed by atoms with Gasteiger partial charge in [-0.05, 0) is 34.3 Å². The molecule has 2 aliphatic rings. The molecule has 4 heteroatoms. The van der Waals surface area contributed by atoms with Crippen molar-refractivity contribution < 1.29 is 0 Å². The maximum absolute atomic E-state index is 4.92. The van der Waals surface area contributed by atoms with Crippen molar-refractivity contribution in [2.24, 2.45) is 0 Å². The third-order valence-electron chi connectivity index (χ3n) is 4.84. The molecule has 1 atom stereocenters. The van der Waals surface area contributed by atoms with Crippen molar-refractivity contribution in [3.8, 4) is 0 Å². The first kappa shape index (κ1) is 13.4. The summed E-state index contributed by atoms with van der Waals surface area (Å²) in [7, 11) is 0. The van der Waals surface area contributed by atoms with E-state index in [1.165, 1.54) is 47.2 Å². The lowest BCUT2D eigenvalue weighted by molar-refractivity contribution is 0.497. The number of hydrogen-bond donors (Lipinski definition) is 1. The normalized spacial score (nSPS) is 22.0. The Hall–Kier alpha value is -1.29. The van der Waals surface area contributed by atoms with E-state index in [1.807, 2.05) is 0 Å². The van der Waals surface area contributed by atoms with Crippen LogP contribution < -0.4 is 5.32 Å². The zero-order valence-electron chi connectivity index (χ0n) is 12.1. The summed E-state index contributed by atoms with van der Waals surface area (Å²) in [6.07, 6.45) is 5.27. The van der Waals surface area contributed by atoms with Crippen LogP contribution in [0.25, 0.3) is 0 Å². The minimum absolute atomic E-state index is 0.502. The van der Waals surface area contributed by atoms with Gasteiger partial charge in [-0.25, -0.2) is 4.68 Å². The molecule has 1 saturated carbocycles. The first-order chi connectivity index (χ1) is 10.3. The SMILES string of the molecule is Brc1c(C2CCCC2)nn2c1NCC(c1ccccc1)C2. The minimum atomic E-state index is 0.502. The van der Waals surface area contributed by atoms with Crippen LogP contribution in [-0.2, 0) is 6.54 Å². The molecule has 2 heterocycles. The molecule has 1 aliphatic heterocycles. The topological polar surface area (TPSA) is 29.9 Å². The molecule has 2 aromatic rings. The largest absolute Gasteiger partial charge is 0.369 e. The van der Waals surface area contributed by atoms with Crippen molar-refractivity contribution in [2.75, 3.05) is 11.9 Å². The average Bonchev–Trinajstić information content (AvgIpc) is 3.16. The molecule has 4 rings (SSSR count). The number of aromatic nitrogens is 2. The molecule has 0 radical (unpaired) electrons. The highest BCUT2D eigenvalue weighted by Gasteiger charge is 2.29. The summed E-state index contributed by atoms with van der Waals surface area (Å²) in [5, 5.41) is 8.49. The quantitative estimate of drug-likeness (QED) is 0.867. The van der Waals surface area contributed by atoms with Crippen LogP contribution in [0.3, 0.4) is 0 Å². The Morgan fingerprint density at radius 1 is 1.10 bits per heavy atom. The molecule has 1 fully saturated rings. The summed E-state index contributed by atoms with van der Waals surface area (Å²) in [6, 6.07) is 10.7. The van der Waals surface area contributed by atoms with Crippen molar-refractivity contribution >= 4 is 21.7 Å². The number of nitrogens with one attached hydrogen (secondary N) is 1. The lowest BCUT2D eigenvalue weighted by Gasteiger charge is -2.25. The number of anilines is 1. The molecule has 1 aliphatic carbocycles. The highest BCUT2D eigenvalue weighted by atomic mass is 79.9. The fourth-order valence-corrected chi connectivity index (χ4v) is 4.41. The molecule has 3 nitrogen and oxygen atoms in total. The fraction of sp³-hybridized carbons (Fsp3) is 0.471. The van der Waals surface area contributed by atoms with Gasteiger partial charge in [0.2, 0.25) is 0 Å². The second-order valence-corrected chi connectivity index (χ2v) is 6.99. The highest BCUT2D eigenvalue weighted by molar-refractivity contribution is 9.10. The van der Waals surface area contributed by atoms with Crippen LogP contribution in [0, 0.1) is 0 Å². The summed E-state index contributed by atoms with van der Waals surface area (Å²) < 4.78 is 3.36. The van der Waals surface area contributed by atoms with E-state index in [9.17, 15) is 0 Å². The second kappa shape index (κ2) is 5.48. The number of fused-ring (bicyclic) bond motifs is 1. The molecule has 1 aromatic carbocycles. The third-order valence-corrected chi connectivity index (χ3v) is 5.62. The van der Waals surface area contributed by atoms with Gasteiger partial charge in [0.25, 0.3) is 0 Å². The van der Waals surface area contributed by atoms with Gasteiger partial charge < -0.3 is 5.32 Å². The van der Waals surface area contributed by atoms with Gasteiger partial charge in [-0.15, -0.1) is 0 Å². The zero-order chi connectivity index (χ0) is 14.2. The summed E-state index contributed by atoms with van der Waals surface area (Å²) in [4.78, 5) is 0. The van der Waals surface area contributed by atoms with Crippen LogP contribution in [0.2, 0.25) is 0 Å². The average molecular weight is 346 g/mol. The van der Waals surface area contributed by atoms with Crippen molar-refractivity contribution in [3.63, 3.8) is 0 Å². The van der Waals surface area contributed by atoms with Gasteiger partial charge in [0.05, 0.1) is 16.7 Å². The van der Waals surface area contributed by atoms with E-state index < -0.39 is 0 Å². The molecular formula is C17H20BrN3. The van der Waals surface area contributed by atoms with E-state index in [2.05, 4.69) is 56.3 Å². The maximum Gasteiger partial charge on any atom is 0.139 e. The maximum atomic E-state index is 4.92. The van der Waals surface area contributed by atoms with Crippen molar-refractivity contribution in [3.05, 3.63) is 46.1 Å². The Kier molecular flexibility index (Phi) is 3.49. The summed E-state index contributed by atoms with van der Waals surface area (Å²) >= 11 is 3.78. The van der Waals surface area contributed by atoms with Crippen molar-refractivity contribution in [2.45, 2.75) is 44.1 Å². The molecule has 0 saturated heterocycles. The van der Waals surface area contributed by atoms with E-state index in [0.29, 0.717) is 11.8 Å². The Labute approximate surface area is 133 Å². The highest BCUT2D eigenvalue weighted by Crippen LogP contribution is 2.41. The Morgan fingerprint density at radius 3 is 2.62 bits per heavy atom. The number of hydrogen-bond acceptors (Lipinski definition) is 2. The molecule has 0 bridgehead atoms. The van der Waals surface area contributed by atoms with Crippen molar-refractivity contribution in [1.29, 1.82) is 0 Å². The molecule has 0 spiro atoms. The van der Waals surface area contributed by atoms with E-state index >= 15 is 0 Å². The number of halogens is 1. The Morgan fingerprint density at radius 2 is 1.86 bits per heavy atom. The van der Waals surface area contributed by atoms with Crippen LogP contribution >= 0.6 is 15.9 Å². The van der Waals surface area contributed by atoms with Crippen molar-refractivity contribution in [1.82, 2.24) is 9.78 Å². The van der Waals surface area contributed by atoms with Crippen LogP contribution in [0.4, 0.5) is 5.82 Å². The summed E-state index contributed by atoms with van der Waals surface area (Å²) in [6.45, 7) is 1.95. The third kappa shape index (κ3) is 2.39. The second-order valence-electron chi connectivity index (χ2n) is 6.20. The molecule has 0 amide bonds. The molecule has 1 unspecified atom stereocenters. The number of benzene rings is 1. The van der Waals surface area contributed by atoms with Gasteiger partial charge in [0, 0.05) is 18.4 Å². The van der Waals surface area contributed by atoms with Crippen LogP contribution in [0.1, 0.15) is 48.8 Å². The smallest absolute Gasteiger partial charge is 0.139 e. The minimum Gasteiger partial charge on any atom is -0.369 e. The molecule has 1 N–H and O–H groups in total. The fourth-order valence-electron chi connectivity index (χ4n) is 3.66. The van der Waals surface area contributed by atoms with Gasteiger partial charge in [-0.3, -0.25) is 0 Å². The molecule has 1 aromatic heterocycles. The predicted octanol–water partition coefficient (Wildman–Crippen LogP) is 4.51. The van der Waals surface area contributed by atoms with Gasteiger partial charge in [-0.1, -0.05) is 43.2 Å². The van der Waals surface area contributed by atoms with Gasteiger partial charge in [0.15, 0.2) is 0 Å². The Balaban J connectivity index is 1.62. The summed E-state index contributed by atoms with van der Waals surface area (Å²) in [5.41, 5.74) is 2.66.